The van der Waals surface area contributed by atoms with Crippen LogP contribution in [-0.2, 0) is 9.53 Å². The Morgan fingerprint density at radius 1 is 0.920 bits per heavy atom. The molecule has 3 rings (SSSR count). The molecule has 0 aromatic heterocycles. The van der Waals surface area contributed by atoms with Gasteiger partial charge in [0.05, 0.1) is 19.2 Å². The zero-order valence-electron chi connectivity index (χ0n) is 13.8. The monoisotopic (exact) mass is 334 g/mol. The van der Waals surface area contributed by atoms with Gasteiger partial charge in [0.25, 0.3) is 0 Å². The Kier molecular flexibility index (Phi) is 4.95. The van der Waals surface area contributed by atoms with E-state index in [1.807, 2.05) is 42.5 Å². The Balaban J connectivity index is 1.62. The first-order valence-corrected chi connectivity index (χ1v) is 7.87. The van der Waals surface area contributed by atoms with E-state index in [1.165, 1.54) is 7.11 Å². The number of amides is 1. The Labute approximate surface area is 145 Å². The van der Waals surface area contributed by atoms with E-state index in [1.54, 1.807) is 24.3 Å². The summed E-state index contributed by atoms with van der Waals surface area (Å²) in [5.41, 5.74) is 1.97. The van der Waals surface area contributed by atoms with Crippen molar-refractivity contribution in [3.63, 3.8) is 0 Å². The second-order valence-corrected chi connectivity index (χ2v) is 5.50. The number of anilines is 2. The minimum atomic E-state index is -0.407. The standard InChI is InChI=1S/C20H18N2O3/c1-25-20(24)15-9-11-16(12-10-15)22-19(23)13-21-18-8-4-6-14-5-2-3-7-17(14)18/h2-12,21H,13H2,1H3,(H,22,23). The third-order valence-electron chi connectivity index (χ3n) is 3.82. The molecule has 0 heterocycles. The largest absolute Gasteiger partial charge is 0.465 e. The lowest BCUT2D eigenvalue weighted by Crippen LogP contribution is -2.21. The SMILES string of the molecule is COC(=O)c1ccc(NC(=O)CNc2cccc3ccccc23)cc1. The molecule has 0 saturated heterocycles. The number of carbonyl (C=O) groups excluding carboxylic acids is 2. The number of methoxy groups -OCH3 is 1. The maximum Gasteiger partial charge on any atom is 0.337 e. The van der Waals surface area contributed by atoms with E-state index in [0.29, 0.717) is 11.3 Å². The normalized spacial score (nSPS) is 10.3. The van der Waals surface area contributed by atoms with Crippen LogP contribution in [0.5, 0.6) is 0 Å². The molecule has 1 amide bonds. The molecule has 2 N–H and O–H groups in total. The van der Waals surface area contributed by atoms with Crippen LogP contribution in [0.1, 0.15) is 10.4 Å². The van der Waals surface area contributed by atoms with Crippen molar-refractivity contribution in [3.8, 4) is 0 Å². The first-order chi connectivity index (χ1) is 12.2. The summed E-state index contributed by atoms with van der Waals surface area (Å²) in [5.74, 6) is -0.575. The smallest absolute Gasteiger partial charge is 0.337 e. The van der Waals surface area contributed by atoms with Gasteiger partial charge in [0.15, 0.2) is 0 Å². The van der Waals surface area contributed by atoms with Gasteiger partial charge in [0.1, 0.15) is 0 Å². The van der Waals surface area contributed by atoms with E-state index in [2.05, 4.69) is 15.4 Å². The summed E-state index contributed by atoms with van der Waals surface area (Å²) < 4.78 is 4.64. The van der Waals surface area contributed by atoms with Gasteiger partial charge in [-0.05, 0) is 35.7 Å². The number of benzene rings is 3. The predicted molar refractivity (Wildman–Crippen MR) is 98.8 cm³/mol. The van der Waals surface area contributed by atoms with Crippen LogP contribution in [0.3, 0.4) is 0 Å². The molecule has 0 aliphatic rings. The molecule has 5 heteroatoms. The second kappa shape index (κ2) is 7.49. The van der Waals surface area contributed by atoms with Gasteiger partial charge in [0, 0.05) is 16.8 Å². The van der Waals surface area contributed by atoms with Gasteiger partial charge >= 0.3 is 5.97 Å². The maximum atomic E-state index is 12.1. The summed E-state index contributed by atoms with van der Waals surface area (Å²) in [7, 11) is 1.33. The molecular weight excluding hydrogens is 316 g/mol. The Morgan fingerprint density at radius 2 is 1.64 bits per heavy atom. The molecule has 3 aromatic rings. The van der Waals surface area contributed by atoms with Crippen molar-refractivity contribution < 1.29 is 14.3 Å². The summed E-state index contributed by atoms with van der Waals surface area (Å²) in [5, 5.41) is 8.14. The summed E-state index contributed by atoms with van der Waals surface area (Å²) in [6.07, 6.45) is 0. The van der Waals surface area contributed by atoms with Crippen LogP contribution in [-0.4, -0.2) is 25.5 Å². The summed E-state index contributed by atoms with van der Waals surface area (Å²) in [6, 6.07) is 20.5. The van der Waals surface area contributed by atoms with Crippen LogP contribution in [0.4, 0.5) is 11.4 Å². The van der Waals surface area contributed by atoms with E-state index in [9.17, 15) is 9.59 Å². The molecule has 0 radical (unpaired) electrons. The van der Waals surface area contributed by atoms with E-state index >= 15 is 0 Å². The third-order valence-corrected chi connectivity index (χ3v) is 3.82. The number of ether oxygens (including phenoxy) is 1. The molecule has 0 spiro atoms. The lowest BCUT2D eigenvalue weighted by atomic mass is 10.1. The van der Waals surface area contributed by atoms with Crippen LogP contribution < -0.4 is 10.6 Å². The molecule has 0 fully saturated rings. The predicted octanol–water partition coefficient (Wildman–Crippen LogP) is 3.68. The summed E-state index contributed by atoms with van der Waals surface area (Å²) in [4.78, 5) is 23.5. The van der Waals surface area contributed by atoms with E-state index < -0.39 is 5.97 Å². The van der Waals surface area contributed by atoms with Crippen LogP contribution >= 0.6 is 0 Å². The minimum absolute atomic E-state index is 0.146. The lowest BCUT2D eigenvalue weighted by molar-refractivity contribution is -0.114. The highest BCUT2D eigenvalue weighted by molar-refractivity contribution is 5.98. The van der Waals surface area contributed by atoms with E-state index in [0.717, 1.165) is 16.5 Å². The van der Waals surface area contributed by atoms with Crippen LogP contribution in [0, 0.1) is 0 Å². The Bertz CT molecular complexity index is 899. The molecule has 0 unspecified atom stereocenters. The van der Waals surface area contributed by atoms with Gasteiger partial charge in [-0.3, -0.25) is 4.79 Å². The van der Waals surface area contributed by atoms with Crippen molar-refractivity contribution in [2.45, 2.75) is 0 Å². The summed E-state index contributed by atoms with van der Waals surface area (Å²) >= 11 is 0. The number of nitrogens with one attached hydrogen (secondary N) is 2. The van der Waals surface area contributed by atoms with Gasteiger partial charge < -0.3 is 15.4 Å². The number of hydrogen-bond donors (Lipinski definition) is 2. The molecule has 126 valence electrons. The Hall–Kier alpha value is -3.34. The fourth-order valence-corrected chi connectivity index (χ4v) is 2.57. The first kappa shape index (κ1) is 16.5. The van der Waals surface area contributed by atoms with Gasteiger partial charge in [-0.1, -0.05) is 36.4 Å². The van der Waals surface area contributed by atoms with Gasteiger partial charge in [-0.15, -0.1) is 0 Å². The quantitative estimate of drug-likeness (QED) is 0.699. The fourth-order valence-electron chi connectivity index (χ4n) is 2.57. The zero-order chi connectivity index (χ0) is 17.6. The fraction of sp³-hybridized carbons (Fsp3) is 0.100. The first-order valence-electron chi connectivity index (χ1n) is 7.87. The summed E-state index contributed by atoms with van der Waals surface area (Å²) in [6.45, 7) is 0.146. The molecule has 0 atom stereocenters. The van der Waals surface area contributed by atoms with Crippen molar-refractivity contribution in [3.05, 3.63) is 72.3 Å². The molecule has 5 nitrogen and oxygen atoms in total. The molecule has 0 bridgehead atoms. The maximum absolute atomic E-state index is 12.1. The number of fused-ring (bicyclic) bond motifs is 1. The van der Waals surface area contributed by atoms with Crippen LogP contribution in [0.2, 0.25) is 0 Å². The highest BCUT2D eigenvalue weighted by Gasteiger charge is 2.07. The molecule has 0 aliphatic carbocycles. The van der Waals surface area contributed by atoms with Crippen LogP contribution in [0.15, 0.2) is 66.7 Å². The van der Waals surface area contributed by atoms with E-state index in [-0.39, 0.29) is 12.5 Å². The van der Waals surface area contributed by atoms with Gasteiger partial charge in [-0.25, -0.2) is 4.79 Å². The van der Waals surface area contributed by atoms with Crippen molar-refractivity contribution >= 4 is 34.0 Å². The zero-order valence-corrected chi connectivity index (χ0v) is 13.8. The number of hydrogen-bond acceptors (Lipinski definition) is 4. The number of rotatable bonds is 5. The molecule has 0 aliphatic heterocycles. The molecule has 25 heavy (non-hydrogen) atoms. The highest BCUT2D eigenvalue weighted by atomic mass is 16.5. The topological polar surface area (TPSA) is 67.4 Å². The average Bonchev–Trinajstić information content (AvgIpc) is 2.66. The minimum Gasteiger partial charge on any atom is -0.465 e. The van der Waals surface area contributed by atoms with Gasteiger partial charge in [-0.2, -0.15) is 0 Å². The average molecular weight is 334 g/mol. The van der Waals surface area contributed by atoms with Crippen LogP contribution in [0.25, 0.3) is 10.8 Å². The van der Waals surface area contributed by atoms with Crippen molar-refractivity contribution in [2.75, 3.05) is 24.3 Å². The third kappa shape index (κ3) is 3.95. The lowest BCUT2D eigenvalue weighted by Gasteiger charge is -2.10. The highest BCUT2D eigenvalue weighted by Crippen LogP contribution is 2.22. The van der Waals surface area contributed by atoms with Crippen molar-refractivity contribution in [2.24, 2.45) is 0 Å². The number of carbonyl (C=O) groups is 2. The molecule has 0 saturated carbocycles. The van der Waals surface area contributed by atoms with Crippen molar-refractivity contribution in [1.29, 1.82) is 0 Å². The molecule has 3 aromatic carbocycles. The van der Waals surface area contributed by atoms with E-state index in [4.69, 9.17) is 0 Å². The second-order valence-electron chi connectivity index (χ2n) is 5.50. The van der Waals surface area contributed by atoms with Gasteiger partial charge in [0.2, 0.25) is 5.91 Å². The molecular formula is C20H18N2O3. The van der Waals surface area contributed by atoms with Crippen molar-refractivity contribution in [1.82, 2.24) is 0 Å². The Morgan fingerprint density at radius 3 is 2.40 bits per heavy atom. The number of esters is 1.